The molecule has 0 spiro atoms. The zero-order valence-electron chi connectivity index (χ0n) is 14.6. The predicted octanol–water partition coefficient (Wildman–Crippen LogP) is 5.44. The maximum absolute atomic E-state index is 14.7. The molecule has 0 aliphatic carbocycles. The van der Waals surface area contributed by atoms with Crippen LogP contribution in [-0.4, -0.2) is 6.04 Å². The van der Waals surface area contributed by atoms with Gasteiger partial charge in [0.25, 0.3) is 0 Å². The Balaban J connectivity index is 1.83. The smallest absolute Gasteiger partial charge is 0.146 e. The molecule has 0 amide bonds. The van der Waals surface area contributed by atoms with E-state index in [0.717, 1.165) is 37.7 Å². The fraction of sp³-hybridized carbons (Fsp3) is 0.364. The zero-order valence-corrected chi connectivity index (χ0v) is 14.6. The van der Waals surface area contributed by atoms with Gasteiger partial charge in [0.15, 0.2) is 0 Å². The lowest BCUT2D eigenvalue weighted by atomic mass is 9.87. The van der Waals surface area contributed by atoms with Crippen molar-refractivity contribution in [2.45, 2.75) is 52.0 Å². The SMILES string of the molecule is CCCc1cccc(CCC)c1CC1NC(c2ccccc2)=C1F. The van der Waals surface area contributed by atoms with Gasteiger partial charge >= 0.3 is 0 Å². The Hall–Kier alpha value is -2.09. The van der Waals surface area contributed by atoms with Crippen LogP contribution in [0.15, 0.2) is 54.4 Å². The van der Waals surface area contributed by atoms with Crippen molar-refractivity contribution in [1.82, 2.24) is 5.32 Å². The van der Waals surface area contributed by atoms with E-state index >= 15 is 0 Å². The third-order valence-electron chi connectivity index (χ3n) is 4.74. The minimum atomic E-state index is -0.186. The van der Waals surface area contributed by atoms with Crippen LogP contribution in [-0.2, 0) is 19.3 Å². The number of aryl methyl sites for hydroxylation is 2. The van der Waals surface area contributed by atoms with Crippen molar-refractivity contribution in [2.75, 3.05) is 0 Å². The van der Waals surface area contributed by atoms with Crippen LogP contribution in [0.3, 0.4) is 0 Å². The molecule has 0 saturated heterocycles. The fourth-order valence-electron chi connectivity index (χ4n) is 3.53. The molecule has 2 heteroatoms. The highest BCUT2D eigenvalue weighted by Gasteiger charge is 2.31. The first-order chi connectivity index (χ1) is 11.7. The lowest BCUT2D eigenvalue weighted by Gasteiger charge is -2.32. The number of halogens is 1. The van der Waals surface area contributed by atoms with E-state index in [1.165, 1.54) is 16.7 Å². The Labute approximate surface area is 144 Å². The highest BCUT2D eigenvalue weighted by molar-refractivity contribution is 5.72. The van der Waals surface area contributed by atoms with Gasteiger partial charge in [0.05, 0.1) is 11.7 Å². The van der Waals surface area contributed by atoms with Crippen molar-refractivity contribution < 1.29 is 4.39 Å². The predicted molar refractivity (Wildman–Crippen MR) is 99.5 cm³/mol. The molecule has 0 radical (unpaired) electrons. The van der Waals surface area contributed by atoms with E-state index in [0.29, 0.717) is 5.70 Å². The average molecular weight is 323 g/mol. The number of hydrogen-bond acceptors (Lipinski definition) is 1. The third-order valence-corrected chi connectivity index (χ3v) is 4.74. The first-order valence-corrected chi connectivity index (χ1v) is 9.05. The van der Waals surface area contributed by atoms with Crippen molar-refractivity contribution in [3.8, 4) is 0 Å². The van der Waals surface area contributed by atoms with Crippen LogP contribution in [0.4, 0.5) is 4.39 Å². The number of benzene rings is 2. The van der Waals surface area contributed by atoms with E-state index < -0.39 is 0 Å². The molecule has 24 heavy (non-hydrogen) atoms. The first-order valence-electron chi connectivity index (χ1n) is 9.05. The van der Waals surface area contributed by atoms with E-state index in [4.69, 9.17) is 0 Å². The molecule has 1 atom stereocenters. The first kappa shape index (κ1) is 16.8. The van der Waals surface area contributed by atoms with Gasteiger partial charge in [-0.15, -0.1) is 0 Å². The normalized spacial score (nSPS) is 16.7. The minimum absolute atomic E-state index is 0.00468. The molecule has 126 valence electrons. The summed E-state index contributed by atoms with van der Waals surface area (Å²) in [5.41, 5.74) is 5.70. The molecule has 0 saturated carbocycles. The number of rotatable bonds is 7. The van der Waals surface area contributed by atoms with Crippen molar-refractivity contribution in [3.05, 3.63) is 76.6 Å². The van der Waals surface area contributed by atoms with Crippen molar-refractivity contribution in [1.29, 1.82) is 0 Å². The van der Waals surface area contributed by atoms with E-state index in [-0.39, 0.29) is 11.9 Å². The molecular weight excluding hydrogens is 297 g/mol. The minimum Gasteiger partial charge on any atom is -0.373 e. The molecule has 2 aromatic carbocycles. The second-order valence-corrected chi connectivity index (χ2v) is 6.54. The van der Waals surface area contributed by atoms with Gasteiger partial charge in [-0.3, -0.25) is 0 Å². The van der Waals surface area contributed by atoms with Crippen LogP contribution in [0.5, 0.6) is 0 Å². The van der Waals surface area contributed by atoms with Crippen LogP contribution in [0.25, 0.3) is 5.70 Å². The summed E-state index contributed by atoms with van der Waals surface area (Å²) in [4.78, 5) is 0. The van der Waals surface area contributed by atoms with Crippen LogP contribution in [0, 0.1) is 0 Å². The molecule has 0 aromatic heterocycles. The summed E-state index contributed by atoms with van der Waals surface area (Å²) < 4.78 is 14.7. The summed E-state index contributed by atoms with van der Waals surface area (Å²) >= 11 is 0. The average Bonchev–Trinajstić information content (AvgIpc) is 2.61. The standard InChI is InChI=1S/C22H26FN/c1-3-9-16-13-8-14-17(10-4-2)19(16)15-20-21(23)22(24-20)18-11-6-5-7-12-18/h5-8,11-14,20,24H,3-4,9-10,15H2,1-2H3. The summed E-state index contributed by atoms with van der Waals surface area (Å²) in [6.07, 6.45) is 5.11. The molecule has 1 aliphatic rings. The molecule has 3 rings (SSSR count). The van der Waals surface area contributed by atoms with Gasteiger partial charge < -0.3 is 5.32 Å². The summed E-state index contributed by atoms with van der Waals surface area (Å²) in [7, 11) is 0. The quantitative estimate of drug-likeness (QED) is 0.715. The molecular formula is C22H26FN. The van der Waals surface area contributed by atoms with E-state index in [1.54, 1.807) is 0 Å². The molecule has 1 N–H and O–H groups in total. The van der Waals surface area contributed by atoms with Gasteiger partial charge in [-0.25, -0.2) is 4.39 Å². The van der Waals surface area contributed by atoms with Crippen LogP contribution < -0.4 is 5.32 Å². The third kappa shape index (κ3) is 3.38. The van der Waals surface area contributed by atoms with Gasteiger partial charge in [-0.1, -0.05) is 75.2 Å². The van der Waals surface area contributed by atoms with Crippen LogP contribution in [0.1, 0.15) is 48.9 Å². The second-order valence-electron chi connectivity index (χ2n) is 6.54. The van der Waals surface area contributed by atoms with Gasteiger partial charge in [-0.05, 0) is 36.0 Å². The number of nitrogens with one attached hydrogen (secondary N) is 1. The van der Waals surface area contributed by atoms with E-state index in [2.05, 4.69) is 37.4 Å². The molecule has 1 aliphatic heterocycles. The van der Waals surface area contributed by atoms with Crippen LogP contribution in [0.2, 0.25) is 0 Å². The van der Waals surface area contributed by atoms with Crippen molar-refractivity contribution >= 4 is 5.70 Å². The van der Waals surface area contributed by atoms with Crippen LogP contribution >= 0.6 is 0 Å². The van der Waals surface area contributed by atoms with E-state index in [9.17, 15) is 4.39 Å². The van der Waals surface area contributed by atoms with Gasteiger partial charge in [0.1, 0.15) is 5.83 Å². The lowest BCUT2D eigenvalue weighted by molar-refractivity contribution is 0.454. The zero-order chi connectivity index (χ0) is 16.9. The molecule has 0 fully saturated rings. The highest BCUT2D eigenvalue weighted by Crippen LogP contribution is 2.32. The molecule has 1 heterocycles. The largest absolute Gasteiger partial charge is 0.373 e. The van der Waals surface area contributed by atoms with Crippen molar-refractivity contribution in [3.63, 3.8) is 0 Å². The van der Waals surface area contributed by atoms with Gasteiger partial charge in [0, 0.05) is 5.56 Å². The monoisotopic (exact) mass is 323 g/mol. The Morgan fingerprint density at radius 1 is 0.875 bits per heavy atom. The maximum atomic E-state index is 14.7. The summed E-state index contributed by atoms with van der Waals surface area (Å²) in [6.45, 7) is 4.40. The molecule has 1 unspecified atom stereocenters. The Morgan fingerprint density at radius 3 is 2.04 bits per heavy atom. The second kappa shape index (κ2) is 7.65. The highest BCUT2D eigenvalue weighted by atomic mass is 19.1. The Kier molecular flexibility index (Phi) is 5.34. The molecule has 0 bridgehead atoms. The van der Waals surface area contributed by atoms with E-state index in [1.807, 2.05) is 30.3 Å². The summed E-state index contributed by atoms with van der Waals surface area (Å²) in [5, 5.41) is 3.34. The topological polar surface area (TPSA) is 12.0 Å². The van der Waals surface area contributed by atoms with Crippen molar-refractivity contribution in [2.24, 2.45) is 0 Å². The maximum Gasteiger partial charge on any atom is 0.146 e. The molecule has 1 nitrogen and oxygen atoms in total. The lowest BCUT2D eigenvalue weighted by Crippen LogP contribution is -2.41. The Bertz CT molecular complexity index is 694. The number of hydrogen-bond donors (Lipinski definition) is 1. The van der Waals surface area contributed by atoms with Gasteiger partial charge in [-0.2, -0.15) is 0 Å². The summed E-state index contributed by atoms with van der Waals surface area (Å²) in [5.74, 6) is -0.00468. The fourth-order valence-corrected chi connectivity index (χ4v) is 3.53. The molecule has 2 aromatic rings. The van der Waals surface area contributed by atoms with Gasteiger partial charge in [0.2, 0.25) is 0 Å². The Morgan fingerprint density at radius 2 is 1.50 bits per heavy atom. The summed E-state index contributed by atoms with van der Waals surface area (Å²) in [6, 6.07) is 16.1.